The highest BCUT2D eigenvalue weighted by atomic mass is 16.5. The number of aromatic amines is 1. The van der Waals surface area contributed by atoms with Crippen molar-refractivity contribution in [3.8, 4) is 5.75 Å². The van der Waals surface area contributed by atoms with Crippen molar-refractivity contribution in [3.63, 3.8) is 0 Å². The van der Waals surface area contributed by atoms with E-state index in [0.29, 0.717) is 24.3 Å². The first-order valence-electron chi connectivity index (χ1n) is 8.60. The summed E-state index contributed by atoms with van der Waals surface area (Å²) in [5.74, 6) is 0.450. The van der Waals surface area contributed by atoms with Gasteiger partial charge in [-0.2, -0.15) is 0 Å². The molecular weight excluding hydrogens is 328 g/mol. The Morgan fingerprint density at radius 2 is 1.77 bits per heavy atom. The van der Waals surface area contributed by atoms with Gasteiger partial charge in [-0.3, -0.25) is 9.59 Å². The molecule has 2 aromatic carbocycles. The fraction of sp³-hybridized carbons (Fsp3) is 0.238. The molecule has 1 aromatic heterocycles. The molecule has 26 heavy (non-hydrogen) atoms. The summed E-state index contributed by atoms with van der Waals surface area (Å²) in [6.45, 7) is 4.34. The standard InChI is InChI=1S/C21H22N2O3/c1-14-3-6-18(7-4-14)26-13-20(24)22-10-9-16-12-17-11-15(2)5-8-19(17)23-21(16)25/h3-8,11-12H,9-10,13H2,1-2H3,(H,22,24)(H,23,25). The zero-order chi connectivity index (χ0) is 18.5. The van der Waals surface area contributed by atoms with E-state index in [-0.39, 0.29) is 18.1 Å². The Morgan fingerprint density at radius 3 is 2.54 bits per heavy atom. The van der Waals surface area contributed by atoms with Crippen LogP contribution in [0, 0.1) is 13.8 Å². The number of H-pyrrole nitrogens is 1. The van der Waals surface area contributed by atoms with E-state index in [1.807, 2.05) is 62.4 Å². The lowest BCUT2D eigenvalue weighted by Gasteiger charge is -2.08. The number of benzene rings is 2. The number of rotatable bonds is 6. The van der Waals surface area contributed by atoms with Crippen molar-refractivity contribution in [2.75, 3.05) is 13.2 Å². The normalized spacial score (nSPS) is 10.7. The van der Waals surface area contributed by atoms with Crippen LogP contribution in [0.15, 0.2) is 53.3 Å². The summed E-state index contributed by atoms with van der Waals surface area (Å²) in [7, 11) is 0. The highest BCUT2D eigenvalue weighted by molar-refractivity contribution is 5.80. The van der Waals surface area contributed by atoms with Crippen LogP contribution in [0.5, 0.6) is 5.75 Å². The van der Waals surface area contributed by atoms with Gasteiger partial charge in [0.15, 0.2) is 6.61 Å². The number of carbonyl (C=O) groups excluding carboxylic acids is 1. The zero-order valence-electron chi connectivity index (χ0n) is 15.0. The first kappa shape index (κ1) is 17.7. The molecule has 0 bridgehead atoms. The van der Waals surface area contributed by atoms with Gasteiger partial charge in [0.2, 0.25) is 0 Å². The van der Waals surface area contributed by atoms with Crippen molar-refractivity contribution in [2.45, 2.75) is 20.3 Å². The lowest BCUT2D eigenvalue weighted by Crippen LogP contribution is -2.31. The quantitative estimate of drug-likeness (QED) is 0.718. The number of ether oxygens (including phenoxy) is 1. The van der Waals surface area contributed by atoms with E-state index in [0.717, 1.165) is 22.0 Å². The van der Waals surface area contributed by atoms with E-state index in [2.05, 4.69) is 10.3 Å². The number of hydrogen-bond acceptors (Lipinski definition) is 3. The van der Waals surface area contributed by atoms with Gasteiger partial charge in [-0.25, -0.2) is 0 Å². The minimum Gasteiger partial charge on any atom is -0.484 e. The molecule has 0 atom stereocenters. The van der Waals surface area contributed by atoms with Crippen LogP contribution in [0.1, 0.15) is 16.7 Å². The molecule has 0 spiro atoms. The van der Waals surface area contributed by atoms with Gasteiger partial charge >= 0.3 is 0 Å². The van der Waals surface area contributed by atoms with Crippen LogP contribution in [-0.2, 0) is 11.2 Å². The third-order valence-electron chi connectivity index (χ3n) is 4.18. The molecule has 0 saturated carbocycles. The molecule has 1 heterocycles. The Bertz CT molecular complexity index is 975. The second-order valence-electron chi connectivity index (χ2n) is 6.42. The van der Waals surface area contributed by atoms with Crippen molar-refractivity contribution in [1.82, 2.24) is 10.3 Å². The van der Waals surface area contributed by atoms with E-state index in [9.17, 15) is 9.59 Å². The molecule has 0 unspecified atom stereocenters. The Kier molecular flexibility index (Phi) is 5.37. The maximum Gasteiger partial charge on any atom is 0.257 e. The second kappa shape index (κ2) is 7.87. The van der Waals surface area contributed by atoms with E-state index in [1.165, 1.54) is 0 Å². The van der Waals surface area contributed by atoms with Gasteiger partial charge in [0, 0.05) is 17.6 Å². The van der Waals surface area contributed by atoms with E-state index < -0.39 is 0 Å². The van der Waals surface area contributed by atoms with E-state index >= 15 is 0 Å². The number of nitrogens with one attached hydrogen (secondary N) is 2. The number of amides is 1. The highest BCUT2D eigenvalue weighted by Gasteiger charge is 2.06. The topological polar surface area (TPSA) is 71.2 Å². The Balaban J connectivity index is 1.53. The fourth-order valence-corrected chi connectivity index (χ4v) is 2.73. The molecule has 5 heteroatoms. The third-order valence-corrected chi connectivity index (χ3v) is 4.18. The maximum atomic E-state index is 12.1. The monoisotopic (exact) mass is 350 g/mol. The molecule has 2 N–H and O–H groups in total. The lowest BCUT2D eigenvalue weighted by molar-refractivity contribution is -0.123. The van der Waals surface area contributed by atoms with Crippen molar-refractivity contribution in [2.24, 2.45) is 0 Å². The number of hydrogen-bond donors (Lipinski definition) is 2. The van der Waals surface area contributed by atoms with Crippen LogP contribution >= 0.6 is 0 Å². The van der Waals surface area contributed by atoms with Gasteiger partial charge in [-0.1, -0.05) is 29.3 Å². The van der Waals surface area contributed by atoms with Crippen molar-refractivity contribution < 1.29 is 9.53 Å². The molecule has 0 saturated heterocycles. The lowest BCUT2D eigenvalue weighted by atomic mass is 10.1. The molecular formula is C21H22N2O3. The van der Waals surface area contributed by atoms with Gasteiger partial charge < -0.3 is 15.0 Å². The summed E-state index contributed by atoms with van der Waals surface area (Å²) in [5.41, 5.74) is 3.63. The summed E-state index contributed by atoms with van der Waals surface area (Å²) < 4.78 is 5.44. The van der Waals surface area contributed by atoms with Gasteiger partial charge in [0.05, 0.1) is 0 Å². The zero-order valence-corrected chi connectivity index (χ0v) is 15.0. The molecule has 0 aliphatic heterocycles. The Hall–Kier alpha value is -3.08. The average molecular weight is 350 g/mol. The first-order valence-corrected chi connectivity index (χ1v) is 8.60. The van der Waals surface area contributed by atoms with Crippen molar-refractivity contribution >= 4 is 16.8 Å². The SMILES string of the molecule is Cc1ccc(OCC(=O)NCCc2cc3cc(C)ccc3[nH]c2=O)cc1. The average Bonchev–Trinajstić information content (AvgIpc) is 2.62. The minimum absolute atomic E-state index is 0.0453. The summed E-state index contributed by atoms with van der Waals surface area (Å²) in [6, 6.07) is 15.3. The van der Waals surface area contributed by atoms with Crippen molar-refractivity contribution in [3.05, 3.63) is 75.6 Å². The molecule has 1 amide bonds. The fourth-order valence-electron chi connectivity index (χ4n) is 2.73. The molecule has 0 fully saturated rings. The van der Waals surface area contributed by atoms with E-state index in [4.69, 9.17) is 4.74 Å². The predicted molar refractivity (Wildman–Crippen MR) is 103 cm³/mol. The summed E-state index contributed by atoms with van der Waals surface area (Å²) in [6.07, 6.45) is 0.468. The molecule has 0 radical (unpaired) electrons. The highest BCUT2D eigenvalue weighted by Crippen LogP contribution is 2.13. The van der Waals surface area contributed by atoms with Gasteiger partial charge in [0.25, 0.3) is 11.5 Å². The number of pyridine rings is 1. The van der Waals surface area contributed by atoms with Crippen LogP contribution in [0.25, 0.3) is 10.9 Å². The van der Waals surface area contributed by atoms with Crippen LogP contribution in [0.4, 0.5) is 0 Å². The Morgan fingerprint density at radius 1 is 1.04 bits per heavy atom. The number of fused-ring (bicyclic) bond motifs is 1. The number of carbonyl (C=O) groups is 1. The van der Waals surface area contributed by atoms with Crippen LogP contribution in [0.3, 0.4) is 0 Å². The number of aromatic nitrogens is 1. The van der Waals surface area contributed by atoms with Crippen LogP contribution in [-0.4, -0.2) is 24.0 Å². The smallest absolute Gasteiger partial charge is 0.257 e. The predicted octanol–water partition coefficient (Wildman–Crippen LogP) is 2.88. The summed E-state index contributed by atoms with van der Waals surface area (Å²) >= 11 is 0. The molecule has 134 valence electrons. The van der Waals surface area contributed by atoms with Gasteiger partial charge in [-0.15, -0.1) is 0 Å². The van der Waals surface area contributed by atoms with Crippen molar-refractivity contribution in [1.29, 1.82) is 0 Å². The largest absolute Gasteiger partial charge is 0.484 e. The van der Waals surface area contributed by atoms with Crippen LogP contribution in [0.2, 0.25) is 0 Å². The van der Waals surface area contributed by atoms with Gasteiger partial charge in [-0.05, 0) is 56.0 Å². The maximum absolute atomic E-state index is 12.1. The van der Waals surface area contributed by atoms with Gasteiger partial charge in [0.1, 0.15) is 5.75 Å². The molecule has 3 aromatic rings. The first-order chi connectivity index (χ1) is 12.5. The Labute approximate surface area is 152 Å². The molecule has 5 nitrogen and oxygen atoms in total. The molecule has 0 aliphatic rings. The summed E-state index contributed by atoms with van der Waals surface area (Å²) in [4.78, 5) is 26.9. The van der Waals surface area contributed by atoms with Crippen LogP contribution < -0.4 is 15.6 Å². The minimum atomic E-state index is -0.210. The third kappa shape index (κ3) is 4.51. The van der Waals surface area contributed by atoms with E-state index in [1.54, 1.807) is 0 Å². The molecule has 0 aliphatic carbocycles. The number of aryl methyl sites for hydroxylation is 2. The second-order valence-corrected chi connectivity index (χ2v) is 6.42. The molecule has 3 rings (SSSR count). The summed E-state index contributed by atoms with van der Waals surface area (Å²) in [5, 5.41) is 3.78.